The van der Waals surface area contributed by atoms with Gasteiger partial charge in [-0.05, 0) is 197 Å². The first kappa shape index (κ1) is 65.5. The fourth-order valence-corrected chi connectivity index (χ4v) is 7.96. The Hall–Kier alpha value is -3.49. The monoisotopic (exact) mass is 965 g/mol. The zero-order chi connectivity index (χ0) is 51.2. The van der Waals surface area contributed by atoms with Crippen molar-refractivity contribution in [1.82, 2.24) is 9.80 Å². The number of hydrogen-bond acceptors (Lipinski definition) is 9. The Morgan fingerprint density at radius 3 is 1.07 bits per heavy atom. The summed E-state index contributed by atoms with van der Waals surface area (Å²) in [5.41, 5.74) is 7.79. The quantitative estimate of drug-likeness (QED) is 0.0210. The van der Waals surface area contributed by atoms with E-state index in [1.54, 1.807) is 0 Å². The summed E-state index contributed by atoms with van der Waals surface area (Å²) in [5.74, 6) is 2.24. The molecule has 0 amide bonds. The second kappa shape index (κ2) is 46.9. The number of unbranched alkanes of at least 4 members (excludes halogenated alkanes) is 12. The lowest BCUT2D eigenvalue weighted by molar-refractivity contribution is -0.143. The summed E-state index contributed by atoms with van der Waals surface area (Å²) in [4.78, 5) is 41.1. The third-order valence-corrected chi connectivity index (χ3v) is 12.4. The molecule has 9 nitrogen and oxygen atoms in total. The van der Waals surface area contributed by atoms with E-state index in [4.69, 9.17) is 14.2 Å². The van der Waals surface area contributed by atoms with Crippen LogP contribution in [0.4, 0.5) is 0 Å². The molecule has 9 heteroatoms. The maximum Gasteiger partial charge on any atom is 0.306 e. The van der Waals surface area contributed by atoms with E-state index in [-0.39, 0.29) is 18.5 Å². The second-order valence-electron chi connectivity index (χ2n) is 20.1. The minimum absolute atomic E-state index is 0.0992. The van der Waals surface area contributed by atoms with E-state index in [1.165, 1.54) is 33.4 Å². The van der Waals surface area contributed by atoms with Gasteiger partial charge in [-0.1, -0.05) is 109 Å². The number of hydrogen-bond donors (Lipinski definition) is 1. The Labute approximate surface area is 424 Å². The number of carbonyl (C=O) groups excluding carboxylic acids is 3. The van der Waals surface area contributed by atoms with Crippen LogP contribution in [0.15, 0.2) is 75.7 Å². The average molecular weight is 965 g/mol. The third-order valence-electron chi connectivity index (χ3n) is 12.4. The highest BCUT2D eigenvalue weighted by Gasteiger charge is 2.10. The molecule has 0 fully saturated rings. The Bertz CT molecular complexity index is 1480. The standard InChI is InChI=1S/C60H104N2O7/c1-52(2)29-25-32-55(7)38-48-67-58(51-64)35-19-13-10-16-24-43-62(46-47-63)45-28-44-61(41-22-17-11-14-20-36-59(65)68-49-39-56(8)33-26-30-53(3)4)42-23-18-12-15-21-37-60(66)69-50-40-57(9)34-27-31-54(5)6/h29-31,38-40,63H,10-28,32-37,41-50H2,1-9H3/b55-38+,56-39+,57-40+. The Morgan fingerprint density at radius 1 is 0.391 bits per heavy atom. The van der Waals surface area contributed by atoms with E-state index in [1.807, 2.05) is 18.1 Å². The van der Waals surface area contributed by atoms with Gasteiger partial charge >= 0.3 is 11.9 Å². The van der Waals surface area contributed by atoms with Gasteiger partial charge in [0, 0.05) is 25.8 Å². The van der Waals surface area contributed by atoms with Crippen LogP contribution in [0.25, 0.3) is 0 Å². The maximum absolute atomic E-state index is 12.3. The molecule has 0 aromatic heterocycles. The van der Waals surface area contributed by atoms with Crippen molar-refractivity contribution in [2.24, 2.45) is 0 Å². The van der Waals surface area contributed by atoms with E-state index >= 15 is 0 Å². The number of carbonyl (C=O) groups is 2. The first-order valence-corrected chi connectivity index (χ1v) is 27.4. The number of nitrogens with zero attached hydrogens (tertiary/aromatic N) is 2. The van der Waals surface area contributed by atoms with Crippen molar-refractivity contribution < 1.29 is 33.7 Å². The highest BCUT2D eigenvalue weighted by Crippen LogP contribution is 2.15. The van der Waals surface area contributed by atoms with Crippen molar-refractivity contribution in [2.75, 3.05) is 65.7 Å². The van der Waals surface area contributed by atoms with Crippen LogP contribution in [0.1, 0.15) is 223 Å². The normalized spacial score (nSPS) is 12.0. The number of rotatable bonds is 46. The topological polar surface area (TPSA) is 106 Å². The summed E-state index contributed by atoms with van der Waals surface area (Å²) >= 11 is 0. The molecule has 0 saturated carbocycles. The summed E-state index contributed by atoms with van der Waals surface area (Å²) in [6, 6.07) is 0. The summed E-state index contributed by atoms with van der Waals surface area (Å²) in [7, 11) is 0. The van der Waals surface area contributed by atoms with E-state index in [0.29, 0.717) is 51.4 Å². The first-order valence-electron chi connectivity index (χ1n) is 27.4. The van der Waals surface area contributed by atoms with Crippen LogP contribution in [0.5, 0.6) is 0 Å². The number of ether oxygens (including phenoxy) is 3. The van der Waals surface area contributed by atoms with Crippen LogP contribution in [-0.2, 0) is 28.6 Å². The predicted molar refractivity (Wildman–Crippen MR) is 292 cm³/mol. The van der Waals surface area contributed by atoms with Crippen molar-refractivity contribution in [2.45, 2.75) is 223 Å². The molecule has 0 heterocycles. The lowest BCUT2D eigenvalue weighted by Crippen LogP contribution is -2.33. The van der Waals surface area contributed by atoms with E-state index < -0.39 is 0 Å². The molecule has 0 bridgehead atoms. The van der Waals surface area contributed by atoms with Crippen molar-refractivity contribution in [3.05, 3.63) is 75.7 Å². The van der Waals surface area contributed by atoms with Crippen LogP contribution < -0.4 is 0 Å². The summed E-state index contributed by atoms with van der Waals surface area (Å²) in [6.07, 6.45) is 37.7. The third kappa shape index (κ3) is 46.6. The van der Waals surface area contributed by atoms with E-state index in [2.05, 4.69) is 96.4 Å². The van der Waals surface area contributed by atoms with Crippen molar-refractivity contribution >= 4 is 17.9 Å². The van der Waals surface area contributed by atoms with Gasteiger partial charge in [0.2, 0.25) is 0 Å². The van der Waals surface area contributed by atoms with Gasteiger partial charge in [-0.25, -0.2) is 4.79 Å². The molecule has 0 aromatic carbocycles. The molecule has 0 atom stereocenters. The van der Waals surface area contributed by atoms with Gasteiger partial charge in [-0.15, -0.1) is 0 Å². The van der Waals surface area contributed by atoms with Gasteiger partial charge in [0.25, 0.3) is 0 Å². The fourth-order valence-electron chi connectivity index (χ4n) is 7.96. The minimum Gasteiger partial charge on any atom is -0.482 e. The fraction of sp³-hybridized carbons (Fsp3) is 0.733. The molecule has 0 aliphatic rings. The van der Waals surface area contributed by atoms with E-state index in [0.717, 1.165) is 174 Å². The SMILES string of the molecule is CC(C)=CCC/C(C)=C/COC(=O)CCCCCCCN(CCCCCCCC(=O)OC/C=C(\C)CCC=C(C)C)CCCN(CCO)CCCCCCCC(=C=O)OC/C=C(\C)CCC=C(C)C. The molecule has 0 rings (SSSR count). The van der Waals surface area contributed by atoms with Crippen molar-refractivity contribution in [3.63, 3.8) is 0 Å². The van der Waals surface area contributed by atoms with Gasteiger partial charge < -0.3 is 29.1 Å². The van der Waals surface area contributed by atoms with Gasteiger partial charge in [-0.3, -0.25) is 9.59 Å². The van der Waals surface area contributed by atoms with Gasteiger partial charge in [0.05, 0.1) is 6.61 Å². The van der Waals surface area contributed by atoms with Crippen LogP contribution in [0.3, 0.4) is 0 Å². The van der Waals surface area contributed by atoms with Gasteiger partial charge in [0.1, 0.15) is 19.8 Å². The molecule has 396 valence electrons. The molecular formula is C60H104N2O7. The van der Waals surface area contributed by atoms with E-state index in [9.17, 15) is 19.5 Å². The number of allylic oxidation sites excluding steroid dienone is 10. The number of esters is 2. The lowest BCUT2D eigenvalue weighted by atomic mass is 10.1. The molecule has 0 aliphatic heterocycles. The Morgan fingerprint density at radius 2 is 0.710 bits per heavy atom. The Kier molecular flexibility index (Phi) is 44.5. The molecule has 0 saturated heterocycles. The molecule has 0 radical (unpaired) electrons. The van der Waals surface area contributed by atoms with Gasteiger partial charge in [0.15, 0.2) is 11.7 Å². The van der Waals surface area contributed by atoms with Crippen LogP contribution >= 0.6 is 0 Å². The Balaban J connectivity index is 4.75. The minimum atomic E-state index is -0.0992. The van der Waals surface area contributed by atoms with Crippen molar-refractivity contribution in [1.29, 1.82) is 0 Å². The van der Waals surface area contributed by atoms with Crippen LogP contribution in [0, 0.1) is 0 Å². The van der Waals surface area contributed by atoms with Crippen LogP contribution in [-0.4, -0.2) is 98.5 Å². The highest BCUT2D eigenvalue weighted by molar-refractivity contribution is 5.69. The molecule has 0 aliphatic carbocycles. The average Bonchev–Trinajstić information content (AvgIpc) is 3.29. The molecule has 69 heavy (non-hydrogen) atoms. The van der Waals surface area contributed by atoms with Crippen LogP contribution in [0.2, 0.25) is 0 Å². The molecule has 1 N–H and O–H groups in total. The first-order chi connectivity index (χ1) is 33.2. The largest absolute Gasteiger partial charge is 0.482 e. The molecule has 0 unspecified atom stereocenters. The molecule has 0 spiro atoms. The smallest absolute Gasteiger partial charge is 0.306 e. The zero-order valence-electron chi connectivity index (χ0n) is 46.0. The predicted octanol–water partition coefficient (Wildman–Crippen LogP) is 14.9. The molecular weight excluding hydrogens is 861 g/mol. The summed E-state index contributed by atoms with van der Waals surface area (Å²) < 4.78 is 16.6. The number of aliphatic hydroxyl groups excluding tert-OH is 1. The summed E-state index contributed by atoms with van der Waals surface area (Å²) in [6.45, 7) is 26.2. The molecule has 0 aromatic rings. The zero-order valence-corrected chi connectivity index (χ0v) is 46.0. The van der Waals surface area contributed by atoms with Gasteiger partial charge in [-0.2, -0.15) is 0 Å². The second-order valence-corrected chi connectivity index (χ2v) is 20.1. The number of aliphatic hydroxyl groups is 1. The maximum atomic E-state index is 12.3. The highest BCUT2D eigenvalue weighted by atomic mass is 16.5. The lowest BCUT2D eigenvalue weighted by Gasteiger charge is -2.26. The summed E-state index contributed by atoms with van der Waals surface area (Å²) in [5, 5.41) is 9.85. The van der Waals surface area contributed by atoms with Crippen molar-refractivity contribution in [3.8, 4) is 0 Å².